The topological polar surface area (TPSA) is 49.9 Å². The number of halogens is 2. The molecule has 0 unspecified atom stereocenters. The largest absolute Gasteiger partial charge is 0.494 e. The van der Waals surface area contributed by atoms with E-state index in [2.05, 4.69) is 0 Å². The summed E-state index contributed by atoms with van der Waals surface area (Å²) >= 11 is 0. The normalized spacial score (nSPS) is 14.6. The van der Waals surface area contributed by atoms with Gasteiger partial charge in [-0.2, -0.15) is 0 Å². The van der Waals surface area contributed by atoms with Gasteiger partial charge >= 0.3 is 0 Å². The van der Waals surface area contributed by atoms with Gasteiger partial charge < -0.3 is 14.5 Å². The van der Waals surface area contributed by atoms with E-state index in [9.17, 15) is 18.4 Å². The van der Waals surface area contributed by atoms with Crippen LogP contribution in [0, 0.1) is 11.6 Å². The van der Waals surface area contributed by atoms with Gasteiger partial charge in [0.05, 0.1) is 7.11 Å². The van der Waals surface area contributed by atoms with Crippen LogP contribution >= 0.6 is 0 Å². The second-order valence-corrected chi connectivity index (χ2v) is 6.30. The molecular weight excluding hydrogens is 354 g/mol. The first-order chi connectivity index (χ1) is 13.0. The van der Waals surface area contributed by atoms with E-state index < -0.39 is 11.6 Å². The molecule has 0 aromatic heterocycles. The summed E-state index contributed by atoms with van der Waals surface area (Å²) in [7, 11) is 1.36. The molecule has 0 bridgehead atoms. The summed E-state index contributed by atoms with van der Waals surface area (Å²) in [5, 5.41) is 0. The predicted molar refractivity (Wildman–Crippen MR) is 95.8 cm³/mol. The Morgan fingerprint density at radius 3 is 2.07 bits per heavy atom. The standard InChI is InChI=1S/C20H20F2N2O3/c1-27-18-7-6-15(13-17(18)22)20(26)24-9-3-8-23(10-11-24)19(25)14-4-2-5-16(21)12-14/h2,4-7,12-13H,3,8-11H2,1H3. The van der Waals surface area contributed by atoms with Gasteiger partial charge in [0.15, 0.2) is 11.6 Å². The number of benzene rings is 2. The van der Waals surface area contributed by atoms with Crippen molar-refractivity contribution in [1.29, 1.82) is 0 Å². The highest BCUT2D eigenvalue weighted by atomic mass is 19.1. The third-order valence-electron chi connectivity index (χ3n) is 4.54. The molecule has 0 radical (unpaired) electrons. The number of nitrogens with zero attached hydrogens (tertiary/aromatic N) is 2. The highest BCUT2D eigenvalue weighted by molar-refractivity contribution is 5.95. The number of rotatable bonds is 3. The highest BCUT2D eigenvalue weighted by Crippen LogP contribution is 2.19. The minimum Gasteiger partial charge on any atom is -0.494 e. The van der Waals surface area contributed by atoms with Gasteiger partial charge in [-0.05, 0) is 42.8 Å². The van der Waals surface area contributed by atoms with E-state index in [1.165, 1.54) is 37.4 Å². The van der Waals surface area contributed by atoms with Crippen LogP contribution in [-0.2, 0) is 0 Å². The maximum absolute atomic E-state index is 13.9. The van der Waals surface area contributed by atoms with Crippen molar-refractivity contribution in [2.75, 3.05) is 33.3 Å². The van der Waals surface area contributed by atoms with Crippen LogP contribution in [0.15, 0.2) is 42.5 Å². The molecule has 0 N–H and O–H groups in total. The Morgan fingerprint density at radius 2 is 1.52 bits per heavy atom. The first kappa shape index (κ1) is 18.8. The van der Waals surface area contributed by atoms with Crippen LogP contribution in [0.25, 0.3) is 0 Å². The smallest absolute Gasteiger partial charge is 0.254 e. The van der Waals surface area contributed by atoms with Crippen LogP contribution in [0.4, 0.5) is 8.78 Å². The number of methoxy groups -OCH3 is 1. The highest BCUT2D eigenvalue weighted by Gasteiger charge is 2.24. The molecule has 0 aliphatic carbocycles. The molecule has 2 aromatic carbocycles. The molecule has 1 fully saturated rings. The Labute approximate surface area is 156 Å². The Bertz CT molecular complexity index is 857. The van der Waals surface area contributed by atoms with Gasteiger partial charge in [0.1, 0.15) is 5.82 Å². The Hall–Kier alpha value is -2.96. The summed E-state index contributed by atoms with van der Waals surface area (Å²) in [6, 6.07) is 9.64. The lowest BCUT2D eigenvalue weighted by molar-refractivity contribution is 0.0718. The number of hydrogen-bond acceptors (Lipinski definition) is 3. The van der Waals surface area contributed by atoms with E-state index >= 15 is 0 Å². The number of ether oxygens (including phenoxy) is 1. The van der Waals surface area contributed by atoms with Crippen molar-refractivity contribution in [2.24, 2.45) is 0 Å². The van der Waals surface area contributed by atoms with E-state index in [-0.39, 0.29) is 28.7 Å². The summed E-state index contributed by atoms with van der Waals surface area (Å²) in [6.07, 6.45) is 0.589. The summed E-state index contributed by atoms with van der Waals surface area (Å²) in [4.78, 5) is 28.4. The van der Waals surface area contributed by atoms with Gasteiger partial charge in [-0.15, -0.1) is 0 Å². The zero-order valence-electron chi connectivity index (χ0n) is 15.0. The summed E-state index contributed by atoms with van der Waals surface area (Å²) in [6.45, 7) is 1.59. The lowest BCUT2D eigenvalue weighted by atomic mass is 10.1. The fourth-order valence-electron chi connectivity index (χ4n) is 3.11. The molecule has 2 aromatic rings. The van der Waals surface area contributed by atoms with Crippen LogP contribution in [0.3, 0.4) is 0 Å². The van der Waals surface area contributed by atoms with Crippen molar-refractivity contribution in [1.82, 2.24) is 9.80 Å². The summed E-state index contributed by atoms with van der Waals surface area (Å²) < 4.78 is 32.1. The molecule has 7 heteroatoms. The lowest BCUT2D eigenvalue weighted by Gasteiger charge is -2.22. The monoisotopic (exact) mass is 374 g/mol. The number of carbonyl (C=O) groups is 2. The first-order valence-corrected chi connectivity index (χ1v) is 8.67. The minimum absolute atomic E-state index is 0.0780. The molecule has 142 valence electrons. The molecule has 1 aliphatic rings. The molecule has 3 rings (SSSR count). The minimum atomic E-state index is -0.596. The van der Waals surface area contributed by atoms with Crippen LogP contribution in [0.5, 0.6) is 5.75 Å². The van der Waals surface area contributed by atoms with Crippen molar-refractivity contribution in [3.05, 3.63) is 65.2 Å². The van der Waals surface area contributed by atoms with Crippen LogP contribution in [0.1, 0.15) is 27.1 Å². The third-order valence-corrected chi connectivity index (χ3v) is 4.54. The van der Waals surface area contributed by atoms with Gasteiger partial charge in [-0.3, -0.25) is 9.59 Å². The van der Waals surface area contributed by atoms with Crippen molar-refractivity contribution < 1.29 is 23.1 Å². The van der Waals surface area contributed by atoms with Crippen molar-refractivity contribution in [3.63, 3.8) is 0 Å². The summed E-state index contributed by atoms with van der Waals surface area (Å²) in [5.41, 5.74) is 0.519. The maximum Gasteiger partial charge on any atom is 0.254 e. The first-order valence-electron chi connectivity index (χ1n) is 8.67. The second kappa shape index (κ2) is 8.16. The zero-order chi connectivity index (χ0) is 19.4. The number of hydrogen-bond donors (Lipinski definition) is 0. The Kier molecular flexibility index (Phi) is 5.69. The average Bonchev–Trinajstić information content (AvgIpc) is 2.93. The van der Waals surface area contributed by atoms with Gasteiger partial charge in [0, 0.05) is 37.3 Å². The van der Waals surface area contributed by atoms with Gasteiger partial charge in [0.2, 0.25) is 0 Å². The average molecular weight is 374 g/mol. The molecule has 0 saturated carbocycles. The molecule has 0 atom stereocenters. The molecule has 1 aliphatic heterocycles. The SMILES string of the molecule is COc1ccc(C(=O)N2CCCN(C(=O)c3cccc(F)c3)CC2)cc1F. The van der Waals surface area contributed by atoms with Crippen LogP contribution in [0.2, 0.25) is 0 Å². The molecule has 1 heterocycles. The molecular formula is C20H20F2N2O3. The van der Waals surface area contributed by atoms with Gasteiger partial charge in [-0.25, -0.2) is 8.78 Å². The lowest BCUT2D eigenvalue weighted by Crippen LogP contribution is -2.37. The van der Waals surface area contributed by atoms with E-state index in [0.717, 1.165) is 6.07 Å². The Balaban J connectivity index is 1.68. The quantitative estimate of drug-likeness (QED) is 0.830. The third kappa shape index (κ3) is 4.24. The molecule has 0 spiro atoms. The van der Waals surface area contributed by atoms with E-state index in [1.54, 1.807) is 15.9 Å². The van der Waals surface area contributed by atoms with Gasteiger partial charge in [-0.1, -0.05) is 6.07 Å². The second-order valence-electron chi connectivity index (χ2n) is 6.30. The molecule has 2 amide bonds. The van der Waals surface area contributed by atoms with E-state index in [1.807, 2.05) is 0 Å². The fraction of sp³-hybridized carbons (Fsp3) is 0.300. The van der Waals surface area contributed by atoms with Crippen molar-refractivity contribution in [3.8, 4) is 5.75 Å². The summed E-state index contributed by atoms with van der Waals surface area (Å²) in [5.74, 6) is -1.54. The fourth-order valence-corrected chi connectivity index (χ4v) is 3.11. The number of carbonyl (C=O) groups excluding carboxylic acids is 2. The zero-order valence-corrected chi connectivity index (χ0v) is 15.0. The van der Waals surface area contributed by atoms with E-state index in [0.29, 0.717) is 32.6 Å². The molecule has 1 saturated heterocycles. The van der Waals surface area contributed by atoms with Crippen molar-refractivity contribution >= 4 is 11.8 Å². The van der Waals surface area contributed by atoms with Crippen LogP contribution < -0.4 is 4.74 Å². The maximum atomic E-state index is 13.9. The van der Waals surface area contributed by atoms with Gasteiger partial charge in [0.25, 0.3) is 11.8 Å². The Morgan fingerprint density at radius 1 is 0.889 bits per heavy atom. The molecule has 27 heavy (non-hydrogen) atoms. The van der Waals surface area contributed by atoms with E-state index in [4.69, 9.17) is 4.74 Å². The van der Waals surface area contributed by atoms with Crippen molar-refractivity contribution in [2.45, 2.75) is 6.42 Å². The predicted octanol–water partition coefficient (Wildman–Crippen LogP) is 2.96. The molecule has 5 nitrogen and oxygen atoms in total. The van der Waals surface area contributed by atoms with Crippen LogP contribution in [-0.4, -0.2) is 54.9 Å². The number of amides is 2.